The van der Waals surface area contributed by atoms with Crippen molar-refractivity contribution in [2.45, 2.75) is 13.0 Å². The minimum absolute atomic E-state index is 0.155. The van der Waals surface area contributed by atoms with E-state index in [9.17, 15) is 9.59 Å². The van der Waals surface area contributed by atoms with Crippen LogP contribution in [0.3, 0.4) is 0 Å². The Morgan fingerprint density at radius 1 is 1.29 bits per heavy atom. The minimum Gasteiger partial charge on any atom is -0.376 e. The first kappa shape index (κ1) is 14.7. The molecule has 0 unspecified atom stereocenters. The lowest BCUT2D eigenvalue weighted by molar-refractivity contribution is 0.0991. The maximum Gasteiger partial charge on any atom is 0.322 e. The highest BCUT2D eigenvalue weighted by molar-refractivity contribution is 7.99. The summed E-state index contributed by atoms with van der Waals surface area (Å²) >= 11 is 3.24. The first-order chi connectivity index (χ1) is 10.2. The molecule has 1 aromatic rings. The molecule has 114 valence electrons. The Balaban J connectivity index is 1.82. The molecule has 0 spiro atoms. The zero-order chi connectivity index (χ0) is 14.8. The smallest absolute Gasteiger partial charge is 0.322 e. The summed E-state index contributed by atoms with van der Waals surface area (Å²) < 4.78 is 5.40. The van der Waals surface area contributed by atoms with Crippen molar-refractivity contribution in [3.05, 3.63) is 16.0 Å². The molecule has 0 bridgehead atoms. The standard InChI is InChI=1S/C13H17N3O3S2/c14-11(17)10-8-1-4-19-7-9(8)21-12(10)15-13(18)16-2-5-20-6-3-16/h1-7H2,(H2,14,17)(H,15,18). The molecule has 1 aromatic heterocycles. The molecule has 0 radical (unpaired) electrons. The van der Waals surface area contributed by atoms with Gasteiger partial charge in [0.15, 0.2) is 0 Å². The van der Waals surface area contributed by atoms with Crippen LogP contribution in [-0.2, 0) is 17.8 Å². The molecule has 1 saturated heterocycles. The normalized spacial score (nSPS) is 18.2. The molecule has 8 heteroatoms. The Bertz CT molecular complexity index is 567. The Morgan fingerprint density at radius 2 is 2.05 bits per heavy atom. The molecule has 0 aliphatic carbocycles. The van der Waals surface area contributed by atoms with Crippen LogP contribution < -0.4 is 11.1 Å². The van der Waals surface area contributed by atoms with E-state index < -0.39 is 5.91 Å². The van der Waals surface area contributed by atoms with Crippen LogP contribution in [0.2, 0.25) is 0 Å². The van der Waals surface area contributed by atoms with E-state index >= 15 is 0 Å². The summed E-state index contributed by atoms with van der Waals surface area (Å²) in [5, 5.41) is 3.42. The number of carbonyl (C=O) groups excluding carboxylic acids is 2. The number of nitrogens with two attached hydrogens (primary N) is 1. The van der Waals surface area contributed by atoms with Gasteiger partial charge in [0.2, 0.25) is 0 Å². The van der Waals surface area contributed by atoms with Crippen molar-refractivity contribution in [3.63, 3.8) is 0 Å². The molecule has 6 nitrogen and oxygen atoms in total. The van der Waals surface area contributed by atoms with Gasteiger partial charge in [0.25, 0.3) is 5.91 Å². The number of rotatable bonds is 2. The zero-order valence-corrected chi connectivity index (χ0v) is 13.1. The van der Waals surface area contributed by atoms with Crippen LogP contribution in [0.5, 0.6) is 0 Å². The number of ether oxygens (including phenoxy) is 1. The van der Waals surface area contributed by atoms with Gasteiger partial charge in [0.05, 0.1) is 18.8 Å². The van der Waals surface area contributed by atoms with Gasteiger partial charge < -0.3 is 15.4 Å². The zero-order valence-electron chi connectivity index (χ0n) is 11.5. The molecular weight excluding hydrogens is 310 g/mol. The van der Waals surface area contributed by atoms with Crippen molar-refractivity contribution in [3.8, 4) is 0 Å². The third-order valence-electron chi connectivity index (χ3n) is 3.59. The van der Waals surface area contributed by atoms with E-state index in [0.29, 0.717) is 30.2 Å². The van der Waals surface area contributed by atoms with Gasteiger partial charge in [0, 0.05) is 29.5 Å². The molecule has 1 fully saturated rings. The molecule has 3 rings (SSSR count). The quantitative estimate of drug-likeness (QED) is 0.862. The number of hydrogen-bond acceptors (Lipinski definition) is 5. The third-order valence-corrected chi connectivity index (χ3v) is 5.65. The van der Waals surface area contributed by atoms with E-state index in [-0.39, 0.29) is 6.03 Å². The highest BCUT2D eigenvalue weighted by Crippen LogP contribution is 2.36. The number of primary amides is 1. The van der Waals surface area contributed by atoms with Gasteiger partial charge in [-0.1, -0.05) is 0 Å². The number of nitrogens with one attached hydrogen (secondary N) is 1. The van der Waals surface area contributed by atoms with Crippen molar-refractivity contribution in [1.82, 2.24) is 4.90 Å². The second-order valence-corrected chi connectivity index (χ2v) is 7.23. The third kappa shape index (κ3) is 3.02. The van der Waals surface area contributed by atoms with Crippen LogP contribution in [0, 0.1) is 0 Å². The number of thioether (sulfide) groups is 1. The summed E-state index contributed by atoms with van der Waals surface area (Å²) in [6, 6.07) is -0.155. The van der Waals surface area contributed by atoms with E-state index in [2.05, 4.69) is 5.32 Å². The lowest BCUT2D eigenvalue weighted by atomic mass is 10.1. The second-order valence-electron chi connectivity index (χ2n) is 4.90. The van der Waals surface area contributed by atoms with Gasteiger partial charge in [-0.15, -0.1) is 11.3 Å². The maximum atomic E-state index is 12.3. The molecule has 2 aliphatic rings. The van der Waals surface area contributed by atoms with Crippen molar-refractivity contribution in [2.75, 3.05) is 36.5 Å². The Kier molecular flexibility index (Phi) is 4.37. The van der Waals surface area contributed by atoms with Gasteiger partial charge in [-0.2, -0.15) is 11.8 Å². The van der Waals surface area contributed by atoms with E-state index in [1.54, 1.807) is 4.90 Å². The molecular formula is C13H17N3O3S2. The average molecular weight is 327 g/mol. The summed E-state index contributed by atoms with van der Waals surface area (Å²) in [6.07, 6.45) is 0.667. The number of hydrogen-bond donors (Lipinski definition) is 2. The summed E-state index contributed by atoms with van der Waals surface area (Å²) in [5.41, 5.74) is 6.89. The summed E-state index contributed by atoms with van der Waals surface area (Å²) in [7, 11) is 0. The van der Waals surface area contributed by atoms with Gasteiger partial charge in [-0.3, -0.25) is 10.1 Å². The first-order valence-corrected chi connectivity index (χ1v) is 8.79. The number of fused-ring (bicyclic) bond motifs is 1. The summed E-state index contributed by atoms with van der Waals surface area (Å²) in [5.74, 6) is 1.41. The van der Waals surface area contributed by atoms with Crippen LogP contribution in [0.15, 0.2) is 0 Å². The average Bonchev–Trinajstić information content (AvgIpc) is 2.86. The number of amides is 3. The topological polar surface area (TPSA) is 84.7 Å². The van der Waals surface area contributed by atoms with Crippen molar-refractivity contribution >= 4 is 40.0 Å². The number of nitrogens with zero attached hydrogens (tertiary/aromatic N) is 1. The number of thiophene rings is 1. The van der Waals surface area contributed by atoms with Crippen LogP contribution >= 0.6 is 23.1 Å². The molecule has 0 atom stereocenters. The van der Waals surface area contributed by atoms with Crippen LogP contribution in [-0.4, -0.2) is 48.0 Å². The van der Waals surface area contributed by atoms with Crippen LogP contribution in [0.1, 0.15) is 20.8 Å². The molecule has 21 heavy (non-hydrogen) atoms. The first-order valence-electron chi connectivity index (χ1n) is 6.82. The highest BCUT2D eigenvalue weighted by Gasteiger charge is 2.26. The van der Waals surface area contributed by atoms with Crippen molar-refractivity contribution in [2.24, 2.45) is 5.73 Å². The highest BCUT2D eigenvalue weighted by atomic mass is 32.2. The van der Waals surface area contributed by atoms with Gasteiger partial charge >= 0.3 is 6.03 Å². The molecule has 3 N–H and O–H groups in total. The van der Waals surface area contributed by atoms with Crippen molar-refractivity contribution < 1.29 is 14.3 Å². The maximum absolute atomic E-state index is 12.3. The molecule has 2 aliphatic heterocycles. The Morgan fingerprint density at radius 3 is 2.76 bits per heavy atom. The predicted molar refractivity (Wildman–Crippen MR) is 84.1 cm³/mol. The Hall–Kier alpha value is -1.25. The number of urea groups is 1. The fourth-order valence-electron chi connectivity index (χ4n) is 2.52. The summed E-state index contributed by atoms with van der Waals surface area (Å²) in [6.45, 7) is 2.53. The molecule has 3 heterocycles. The lowest BCUT2D eigenvalue weighted by Crippen LogP contribution is -2.40. The van der Waals surface area contributed by atoms with Crippen molar-refractivity contribution in [1.29, 1.82) is 0 Å². The van der Waals surface area contributed by atoms with Gasteiger partial charge in [0.1, 0.15) is 5.00 Å². The monoisotopic (exact) mass is 327 g/mol. The van der Waals surface area contributed by atoms with E-state index in [4.69, 9.17) is 10.5 Å². The second kappa shape index (κ2) is 6.25. The number of anilines is 1. The van der Waals surface area contributed by atoms with Gasteiger partial charge in [-0.05, 0) is 12.0 Å². The largest absolute Gasteiger partial charge is 0.376 e. The van der Waals surface area contributed by atoms with Crippen LogP contribution in [0.25, 0.3) is 0 Å². The lowest BCUT2D eigenvalue weighted by Gasteiger charge is -2.26. The van der Waals surface area contributed by atoms with Crippen LogP contribution in [0.4, 0.5) is 9.80 Å². The van der Waals surface area contributed by atoms with E-state index in [1.165, 1.54) is 11.3 Å². The minimum atomic E-state index is -0.487. The SMILES string of the molecule is NC(=O)c1c(NC(=O)N2CCSCC2)sc2c1CCOC2. The predicted octanol–water partition coefficient (Wildman–Crippen LogP) is 1.50. The molecule has 0 saturated carbocycles. The van der Waals surface area contributed by atoms with E-state index in [0.717, 1.165) is 35.0 Å². The fourth-order valence-corrected chi connectivity index (χ4v) is 4.61. The molecule has 3 amide bonds. The number of carbonyl (C=O) groups is 2. The summed E-state index contributed by atoms with van der Waals surface area (Å²) in [4.78, 5) is 26.8. The van der Waals surface area contributed by atoms with E-state index in [1.807, 2.05) is 11.8 Å². The Labute approximate surface area is 131 Å². The fraction of sp³-hybridized carbons (Fsp3) is 0.538. The molecule has 0 aromatic carbocycles. The van der Waals surface area contributed by atoms with Gasteiger partial charge in [-0.25, -0.2) is 4.79 Å².